The Hall–Kier alpha value is -3.46. The van der Waals surface area contributed by atoms with E-state index in [-0.39, 0.29) is 11.8 Å². The summed E-state index contributed by atoms with van der Waals surface area (Å²) in [7, 11) is 0.438. The molecule has 0 radical (unpaired) electrons. The van der Waals surface area contributed by atoms with Crippen LogP contribution in [0, 0.1) is 0 Å². The summed E-state index contributed by atoms with van der Waals surface area (Å²) in [4.78, 5) is 11.8. The number of hydrogen-bond acceptors (Lipinski definition) is 5. The lowest BCUT2D eigenvalue weighted by Crippen LogP contribution is -2.46. The number of nitrogens with one attached hydrogen (secondary N) is 1. The maximum Gasteiger partial charge on any atom is 0.214 e. The zero-order valence-electron chi connectivity index (χ0n) is 22.7. The van der Waals surface area contributed by atoms with Crippen molar-refractivity contribution >= 4 is 15.7 Å². The molecule has 0 saturated heterocycles. The lowest BCUT2D eigenvalue weighted by molar-refractivity contribution is 0.316. The second-order valence-corrected chi connectivity index (χ2v) is 12.6. The molecule has 0 aliphatic carbocycles. The first-order chi connectivity index (χ1) is 18.9. The van der Waals surface area contributed by atoms with Crippen LogP contribution in [0.2, 0.25) is 0 Å². The summed E-state index contributed by atoms with van der Waals surface area (Å²) in [5.74, 6) is 0.130. The van der Waals surface area contributed by atoms with Crippen molar-refractivity contribution in [2.45, 2.75) is 32.0 Å². The van der Waals surface area contributed by atoms with Gasteiger partial charge in [0.15, 0.2) is 0 Å². The van der Waals surface area contributed by atoms with E-state index in [1.807, 2.05) is 61.6 Å². The van der Waals surface area contributed by atoms with Gasteiger partial charge in [0.1, 0.15) is 0 Å². The molecule has 39 heavy (non-hydrogen) atoms. The monoisotopic (exact) mass is 543 g/mol. The van der Waals surface area contributed by atoms with Gasteiger partial charge in [-0.05, 0) is 67.9 Å². The van der Waals surface area contributed by atoms with Gasteiger partial charge < -0.3 is 14.8 Å². The zero-order valence-corrected chi connectivity index (χ0v) is 23.5. The van der Waals surface area contributed by atoms with Crippen LogP contribution in [0.5, 0.6) is 0 Å². The van der Waals surface area contributed by atoms with Gasteiger partial charge in [-0.25, -0.2) is 13.4 Å². The Morgan fingerprint density at radius 3 is 2.41 bits per heavy atom. The molecule has 1 aliphatic heterocycles. The molecule has 2 heterocycles. The minimum Gasteiger partial charge on any atom is -0.364 e. The fourth-order valence-electron chi connectivity index (χ4n) is 5.36. The van der Waals surface area contributed by atoms with E-state index in [9.17, 15) is 8.42 Å². The van der Waals surface area contributed by atoms with Crippen molar-refractivity contribution in [1.29, 1.82) is 0 Å². The van der Waals surface area contributed by atoms with Crippen LogP contribution < -0.4 is 4.90 Å². The van der Waals surface area contributed by atoms with Gasteiger partial charge in [-0.15, -0.1) is 0 Å². The number of aromatic amines is 1. The van der Waals surface area contributed by atoms with Gasteiger partial charge in [-0.2, -0.15) is 4.31 Å². The molecule has 1 aliphatic rings. The van der Waals surface area contributed by atoms with E-state index >= 15 is 0 Å². The average molecular weight is 544 g/mol. The third-order valence-electron chi connectivity index (χ3n) is 7.29. The Kier molecular flexibility index (Phi) is 8.45. The molecular weight excluding hydrogens is 506 g/mol. The third-order valence-corrected chi connectivity index (χ3v) is 9.23. The Labute approximate surface area is 232 Å². The average Bonchev–Trinajstić information content (AvgIpc) is 3.39. The van der Waals surface area contributed by atoms with Crippen molar-refractivity contribution in [3.63, 3.8) is 0 Å². The number of imidazole rings is 1. The summed E-state index contributed by atoms with van der Waals surface area (Å²) in [5.41, 5.74) is 6.41. The van der Waals surface area contributed by atoms with Gasteiger partial charge in [-0.1, -0.05) is 66.7 Å². The number of fused-ring (bicyclic) bond motifs is 1. The lowest BCUT2D eigenvalue weighted by atomic mass is 10.0. The molecule has 3 aromatic carbocycles. The van der Waals surface area contributed by atoms with Crippen molar-refractivity contribution in [3.8, 4) is 11.1 Å². The number of H-pyrrole nitrogens is 1. The Morgan fingerprint density at radius 1 is 0.974 bits per heavy atom. The minimum absolute atomic E-state index is 0.130. The molecule has 0 amide bonds. The van der Waals surface area contributed by atoms with E-state index in [0.717, 1.165) is 40.2 Å². The number of rotatable bonds is 10. The summed E-state index contributed by atoms with van der Waals surface area (Å²) in [6.45, 7) is 2.28. The lowest BCUT2D eigenvalue weighted by Gasteiger charge is -2.32. The molecule has 1 aromatic heterocycles. The van der Waals surface area contributed by atoms with E-state index in [1.54, 1.807) is 10.6 Å². The predicted molar refractivity (Wildman–Crippen MR) is 158 cm³/mol. The topological polar surface area (TPSA) is 72.5 Å². The fraction of sp³-hybridized carbons (Fsp3) is 0.323. The van der Waals surface area contributed by atoms with Gasteiger partial charge in [0, 0.05) is 31.0 Å². The minimum atomic E-state index is -3.52. The maximum absolute atomic E-state index is 14.0. The largest absolute Gasteiger partial charge is 0.364 e. The summed E-state index contributed by atoms with van der Waals surface area (Å²) >= 11 is 0. The highest BCUT2D eigenvalue weighted by Crippen LogP contribution is 2.34. The normalized spacial score (nSPS) is 16.3. The van der Waals surface area contributed by atoms with Crippen LogP contribution in [0.1, 0.15) is 23.2 Å². The van der Waals surface area contributed by atoms with Crippen LogP contribution in [0.25, 0.3) is 11.1 Å². The first-order valence-corrected chi connectivity index (χ1v) is 15.1. The van der Waals surface area contributed by atoms with Crippen LogP contribution in [0.15, 0.2) is 91.4 Å². The third kappa shape index (κ3) is 6.76. The number of nitrogens with zero attached hydrogens (tertiary/aromatic N) is 4. The molecule has 4 aromatic rings. The summed E-state index contributed by atoms with van der Waals surface area (Å²) in [5, 5.41) is 0. The molecule has 1 N–H and O–H groups in total. The highest BCUT2D eigenvalue weighted by atomic mass is 32.2. The van der Waals surface area contributed by atoms with Crippen LogP contribution >= 0.6 is 0 Å². The van der Waals surface area contributed by atoms with Gasteiger partial charge >= 0.3 is 0 Å². The van der Waals surface area contributed by atoms with E-state index in [2.05, 4.69) is 57.3 Å². The molecule has 1 atom stereocenters. The van der Waals surface area contributed by atoms with Crippen LogP contribution in [-0.2, 0) is 29.5 Å². The number of sulfonamides is 1. The van der Waals surface area contributed by atoms with Crippen molar-refractivity contribution in [3.05, 3.63) is 108 Å². The van der Waals surface area contributed by atoms with Crippen LogP contribution in [0.4, 0.5) is 5.69 Å². The van der Waals surface area contributed by atoms with Gasteiger partial charge in [0.05, 0.1) is 24.3 Å². The summed E-state index contributed by atoms with van der Waals surface area (Å²) < 4.78 is 29.7. The maximum atomic E-state index is 14.0. The number of hydrogen-bond donors (Lipinski definition) is 1. The van der Waals surface area contributed by atoms with Crippen LogP contribution in [0.3, 0.4) is 0 Å². The highest BCUT2D eigenvalue weighted by molar-refractivity contribution is 7.89. The van der Waals surface area contributed by atoms with E-state index in [1.165, 1.54) is 0 Å². The number of anilines is 1. The number of benzene rings is 3. The molecule has 0 bridgehead atoms. The molecule has 0 fully saturated rings. The SMILES string of the molecule is CN(C)CCCS(=O)(=O)N1Cc2cc(-c3ccccc3)ccc2N(Cc2cnc[nH]2)C[C@H]1Cc1ccccc1. The standard InChI is InChI=1S/C31H37N5O2S/c1-34(2)16-9-17-39(37,38)36-21-28-19-27(26-12-7-4-8-13-26)14-15-31(28)35(22-29-20-32-24-33-29)23-30(36)18-25-10-5-3-6-11-25/h3-8,10-15,19-20,24,30H,9,16-18,21-23H2,1-2H3,(H,32,33)/t30-/m1/s1. The molecule has 204 valence electrons. The molecule has 7 nitrogen and oxygen atoms in total. The molecule has 8 heteroatoms. The van der Waals surface area contributed by atoms with Gasteiger partial charge in [0.25, 0.3) is 0 Å². The van der Waals surface area contributed by atoms with Crippen molar-refractivity contribution in [1.82, 2.24) is 19.2 Å². The molecule has 0 saturated carbocycles. The van der Waals surface area contributed by atoms with E-state index in [4.69, 9.17) is 0 Å². The van der Waals surface area contributed by atoms with Crippen molar-refractivity contribution in [2.24, 2.45) is 0 Å². The molecule has 5 rings (SSSR count). The molecular formula is C31H37N5O2S. The highest BCUT2D eigenvalue weighted by Gasteiger charge is 2.35. The van der Waals surface area contributed by atoms with E-state index < -0.39 is 10.0 Å². The predicted octanol–water partition coefficient (Wildman–Crippen LogP) is 4.79. The van der Waals surface area contributed by atoms with Crippen molar-refractivity contribution in [2.75, 3.05) is 37.8 Å². The Morgan fingerprint density at radius 2 is 1.72 bits per heavy atom. The molecule has 0 spiro atoms. The second-order valence-electron chi connectivity index (χ2n) is 10.5. The number of aromatic nitrogens is 2. The first kappa shape index (κ1) is 27.1. The van der Waals surface area contributed by atoms with Crippen LogP contribution in [-0.4, -0.2) is 66.6 Å². The smallest absolute Gasteiger partial charge is 0.214 e. The van der Waals surface area contributed by atoms with Gasteiger partial charge in [-0.3, -0.25) is 0 Å². The first-order valence-electron chi connectivity index (χ1n) is 13.5. The fourth-order valence-corrected chi connectivity index (χ4v) is 7.02. The van der Waals surface area contributed by atoms with E-state index in [0.29, 0.717) is 32.5 Å². The summed E-state index contributed by atoms with van der Waals surface area (Å²) in [6, 6.07) is 26.7. The summed E-state index contributed by atoms with van der Waals surface area (Å²) in [6.07, 6.45) is 4.77. The van der Waals surface area contributed by atoms with Gasteiger partial charge in [0.2, 0.25) is 10.0 Å². The zero-order chi connectivity index (χ0) is 27.2. The Balaban J connectivity index is 1.56. The second kappa shape index (κ2) is 12.2. The quantitative estimate of drug-likeness (QED) is 0.311. The molecule has 0 unspecified atom stereocenters. The Bertz CT molecular complexity index is 1440. The van der Waals surface area contributed by atoms with Crippen molar-refractivity contribution < 1.29 is 8.42 Å².